The molecule has 0 saturated carbocycles. The fraction of sp³-hybridized carbons (Fsp3) is 0.364. The standard InChI is InChI=1S/C11H10F4O2/c1-3-17-9-5-7(12)4-8(11(13,14)15)10(9)6(2)16/h4-5H,3H2,1-2H3. The summed E-state index contributed by atoms with van der Waals surface area (Å²) in [7, 11) is 0. The van der Waals surface area contributed by atoms with Crippen molar-refractivity contribution in [2.75, 3.05) is 6.61 Å². The molecule has 0 aliphatic heterocycles. The number of carbonyl (C=O) groups excluding carboxylic acids is 1. The van der Waals surface area contributed by atoms with Crippen LogP contribution in [0.3, 0.4) is 0 Å². The number of ketones is 1. The average molecular weight is 250 g/mol. The summed E-state index contributed by atoms with van der Waals surface area (Å²) < 4.78 is 55.8. The van der Waals surface area contributed by atoms with E-state index in [1.54, 1.807) is 0 Å². The van der Waals surface area contributed by atoms with Gasteiger partial charge in [-0.05, 0) is 19.9 Å². The molecule has 6 heteroatoms. The molecule has 0 aliphatic carbocycles. The first-order chi connectivity index (χ1) is 7.77. The maximum Gasteiger partial charge on any atom is 0.417 e. The van der Waals surface area contributed by atoms with Gasteiger partial charge in [-0.2, -0.15) is 13.2 Å². The first-order valence-corrected chi connectivity index (χ1v) is 4.81. The number of rotatable bonds is 3. The van der Waals surface area contributed by atoms with Crippen LogP contribution in [-0.2, 0) is 6.18 Å². The van der Waals surface area contributed by atoms with Crippen LogP contribution in [0, 0.1) is 5.82 Å². The number of hydrogen-bond donors (Lipinski definition) is 0. The third kappa shape index (κ3) is 2.95. The molecule has 0 spiro atoms. The molecule has 0 aliphatic rings. The lowest BCUT2D eigenvalue weighted by Gasteiger charge is -2.15. The van der Waals surface area contributed by atoms with Gasteiger partial charge in [0.1, 0.15) is 11.6 Å². The van der Waals surface area contributed by atoms with Gasteiger partial charge in [-0.1, -0.05) is 0 Å². The van der Waals surface area contributed by atoms with Gasteiger partial charge in [-0.3, -0.25) is 4.79 Å². The lowest BCUT2D eigenvalue weighted by Crippen LogP contribution is -2.14. The summed E-state index contributed by atoms with van der Waals surface area (Å²) in [6.45, 7) is 2.55. The first kappa shape index (κ1) is 13.5. The number of ether oxygens (including phenoxy) is 1. The molecule has 0 unspecified atom stereocenters. The molecule has 1 aromatic rings. The monoisotopic (exact) mass is 250 g/mol. The zero-order valence-electron chi connectivity index (χ0n) is 9.19. The van der Waals surface area contributed by atoms with E-state index in [4.69, 9.17) is 4.74 Å². The average Bonchev–Trinajstić information content (AvgIpc) is 2.15. The van der Waals surface area contributed by atoms with E-state index >= 15 is 0 Å². The van der Waals surface area contributed by atoms with Crippen LogP contribution >= 0.6 is 0 Å². The molecular weight excluding hydrogens is 240 g/mol. The SMILES string of the molecule is CCOc1cc(F)cc(C(F)(F)F)c1C(C)=O. The fourth-order valence-electron chi connectivity index (χ4n) is 1.44. The third-order valence-electron chi connectivity index (χ3n) is 2.02. The summed E-state index contributed by atoms with van der Waals surface area (Å²) in [5.41, 5.74) is -1.95. The molecular formula is C11H10F4O2. The summed E-state index contributed by atoms with van der Waals surface area (Å²) in [6, 6.07) is 1.06. The lowest BCUT2D eigenvalue weighted by atomic mass is 10.0. The Labute approximate surface area is 95.2 Å². The Balaban J connectivity index is 3.52. The highest BCUT2D eigenvalue weighted by molar-refractivity contribution is 5.98. The maximum absolute atomic E-state index is 13.0. The molecule has 0 radical (unpaired) electrons. The second-order valence-electron chi connectivity index (χ2n) is 3.31. The Morgan fingerprint density at radius 3 is 2.35 bits per heavy atom. The molecule has 2 nitrogen and oxygen atoms in total. The third-order valence-corrected chi connectivity index (χ3v) is 2.02. The Kier molecular flexibility index (Phi) is 3.75. The van der Waals surface area contributed by atoms with Crippen molar-refractivity contribution >= 4 is 5.78 Å². The summed E-state index contributed by atoms with van der Waals surface area (Å²) in [6.07, 6.45) is -4.80. The minimum absolute atomic E-state index is 0.0427. The van der Waals surface area contributed by atoms with Crippen molar-refractivity contribution in [3.05, 3.63) is 29.1 Å². The quantitative estimate of drug-likeness (QED) is 0.606. The van der Waals surface area contributed by atoms with Crippen LogP contribution in [0.4, 0.5) is 17.6 Å². The Hall–Kier alpha value is -1.59. The van der Waals surface area contributed by atoms with Crippen LogP contribution in [0.2, 0.25) is 0 Å². The van der Waals surface area contributed by atoms with E-state index in [9.17, 15) is 22.4 Å². The van der Waals surface area contributed by atoms with Crippen molar-refractivity contribution < 1.29 is 27.1 Å². The zero-order valence-corrected chi connectivity index (χ0v) is 9.19. The van der Waals surface area contributed by atoms with Crippen molar-refractivity contribution in [1.82, 2.24) is 0 Å². The van der Waals surface area contributed by atoms with E-state index in [0.29, 0.717) is 6.07 Å². The van der Waals surface area contributed by atoms with Crippen LogP contribution < -0.4 is 4.74 Å². The number of alkyl halides is 3. The molecule has 0 atom stereocenters. The van der Waals surface area contributed by atoms with E-state index in [1.165, 1.54) is 6.92 Å². The Morgan fingerprint density at radius 1 is 1.35 bits per heavy atom. The van der Waals surface area contributed by atoms with Gasteiger partial charge < -0.3 is 4.74 Å². The van der Waals surface area contributed by atoms with Crippen LogP contribution in [0.1, 0.15) is 29.8 Å². The summed E-state index contributed by atoms with van der Waals surface area (Å²) in [5.74, 6) is -2.29. The number of Topliss-reactive ketones (excluding diaryl/α,β-unsaturated/α-hetero) is 1. The van der Waals surface area contributed by atoms with Gasteiger partial charge in [0.15, 0.2) is 5.78 Å². The number of halogens is 4. The van der Waals surface area contributed by atoms with Crippen molar-refractivity contribution in [3.8, 4) is 5.75 Å². The van der Waals surface area contributed by atoms with Gasteiger partial charge >= 0.3 is 6.18 Å². The predicted octanol–water partition coefficient (Wildman–Crippen LogP) is 3.45. The predicted molar refractivity (Wildman–Crippen MR) is 52.6 cm³/mol. The molecule has 0 fully saturated rings. The van der Waals surface area contributed by atoms with Crippen molar-refractivity contribution in [1.29, 1.82) is 0 Å². The molecule has 0 saturated heterocycles. The first-order valence-electron chi connectivity index (χ1n) is 4.81. The topological polar surface area (TPSA) is 26.3 Å². The van der Waals surface area contributed by atoms with Gasteiger partial charge in [0, 0.05) is 6.07 Å². The largest absolute Gasteiger partial charge is 0.493 e. The molecule has 17 heavy (non-hydrogen) atoms. The van der Waals surface area contributed by atoms with E-state index in [2.05, 4.69) is 0 Å². The summed E-state index contributed by atoms with van der Waals surface area (Å²) >= 11 is 0. The normalized spacial score (nSPS) is 11.4. The molecule has 0 heterocycles. The number of hydrogen-bond acceptors (Lipinski definition) is 2. The highest BCUT2D eigenvalue weighted by Crippen LogP contribution is 2.37. The molecule has 1 rings (SSSR count). The minimum Gasteiger partial charge on any atom is -0.493 e. The van der Waals surface area contributed by atoms with Crippen molar-refractivity contribution in [2.45, 2.75) is 20.0 Å². The highest BCUT2D eigenvalue weighted by Gasteiger charge is 2.37. The van der Waals surface area contributed by atoms with Gasteiger partial charge in [-0.15, -0.1) is 0 Å². The molecule has 1 aromatic carbocycles. The molecule has 0 aromatic heterocycles. The summed E-state index contributed by atoms with van der Waals surface area (Å²) in [4.78, 5) is 11.2. The summed E-state index contributed by atoms with van der Waals surface area (Å²) in [5, 5.41) is 0. The molecule has 0 bridgehead atoms. The highest BCUT2D eigenvalue weighted by atomic mass is 19.4. The van der Waals surface area contributed by atoms with Crippen LogP contribution in [0.5, 0.6) is 5.75 Å². The van der Waals surface area contributed by atoms with Gasteiger partial charge in [0.05, 0.1) is 17.7 Å². The zero-order chi connectivity index (χ0) is 13.2. The minimum atomic E-state index is -4.80. The van der Waals surface area contributed by atoms with Crippen LogP contribution in [0.15, 0.2) is 12.1 Å². The van der Waals surface area contributed by atoms with E-state index in [-0.39, 0.29) is 12.4 Å². The van der Waals surface area contributed by atoms with Crippen molar-refractivity contribution in [3.63, 3.8) is 0 Å². The second-order valence-corrected chi connectivity index (χ2v) is 3.31. The molecule has 94 valence electrons. The Morgan fingerprint density at radius 2 is 1.94 bits per heavy atom. The second kappa shape index (κ2) is 4.73. The van der Waals surface area contributed by atoms with Gasteiger partial charge in [-0.25, -0.2) is 4.39 Å². The fourth-order valence-corrected chi connectivity index (χ4v) is 1.44. The van der Waals surface area contributed by atoms with Gasteiger partial charge in [0.2, 0.25) is 0 Å². The van der Waals surface area contributed by atoms with Crippen molar-refractivity contribution in [2.24, 2.45) is 0 Å². The van der Waals surface area contributed by atoms with E-state index in [1.807, 2.05) is 0 Å². The van der Waals surface area contributed by atoms with Gasteiger partial charge in [0.25, 0.3) is 0 Å². The van der Waals surface area contributed by atoms with Crippen LogP contribution in [-0.4, -0.2) is 12.4 Å². The Bertz CT molecular complexity index is 438. The smallest absolute Gasteiger partial charge is 0.417 e. The molecule has 0 N–H and O–H groups in total. The van der Waals surface area contributed by atoms with E-state index < -0.39 is 28.9 Å². The lowest BCUT2D eigenvalue weighted by molar-refractivity contribution is -0.138. The van der Waals surface area contributed by atoms with Crippen LogP contribution in [0.25, 0.3) is 0 Å². The number of carbonyl (C=O) groups is 1. The molecule has 0 amide bonds. The van der Waals surface area contributed by atoms with E-state index in [0.717, 1.165) is 13.0 Å². The number of benzene rings is 1. The maximum atomic E-state index is 13.0.